The van der Waals surface area contributed by atoms with Gasteiger partial charge >= 0.3 is 5.97 Å². The molecule has 0 saturated carbocycles. The summed E-state index contributed by atoms with van der Waals surface area (Å²) in [6.07, 6.45) is 4.81. The van der Waals surface area contributed by atoms with Crippen LogP contribution in [0.4, 0.5) is 0 Å². The smallest absolute Gasteiger partial charge is 0.317 e. The number of rotatable bonds is 7. The molecule has 1 saturated heterocycles. The maximum atomic E-state index is 10.6. The molecule has 1 rings (SSSR count). The molecular weight excluding hydrogens is 216 g/mol. The van der Waals surface area contributed by atoms with E-state index in [9.17, 15) is 4.79 Å². The molecular formula is C13H26N2O2. The largest absolute Gasteiger partial charge is 0.480 e. The first kappa shape index (κ1) is 14.5. The highest BCUT2D eigenvalue weighted by atomic mass is 16.4. The van der Waals surface area contributed by atoms with Crippen molar-refractivity contribution >= 4 is 5.97 Å². The van der Waals surface area contributed by atoms with Crippen molar-refractivity contribution in [2.24, 2.45) is 5.92 Å². The van der Waals surface area contributed by atoms with Crippen molar-refractivity contribution < 1.29 is 9.90 Å². The van der Waals surface area contributed by atoms with Gasteiger partial charge in [0.15, 0.2) is 0 Å². The Morgan fingerprint density at radius 2 is 2.06 bits per heavy atom. The van der Waals surface area contributed by atoms with E-state index in [1.54, 1.807) is 0 Å². The minimum atomic E-state index is -0.705. The molecule has 1 fully saturated rings. The van der Waals surface area contributed by atoms with Gasteiger partial charge < -0.3 is 10.0 Å². The zero-order chi connectivity index (χ0) is 12.7. The molecule has 0 spiro atoms. The van der Waals surface area contributed by atoms with Crippen LogP contribution < -0.4 is 0 Å². The topological polar surface area (TPSA) is 43.8 Å². The Labute approximate surface area is 105 Å². The van der Waals surface area contributed by atoms with E-state index in [4.69, 9.17) is 5.11 Å². The van der Waals surface area contributed by atoms with Crippen LogP contribution in [0.25, 0.3) is 0 Å². The summed E-state index contributed by atoms with van der Waals surface area (Å²) in [5, 5.41) is 8.72. The predicted molar refractivity (Wildman–Crippen MR) is 69.2 cm³/mol. The number of piperidine rings is 1. The van der Waals surface area contributed by atoms with Crippen molar-refractivity contribution in [2.75, 3.05) is 39.8 Å². The Morgan fingerprint density at radius 3 is 2.59 bits per heavy atom. The summed E-state index contributed by atoms with van der Waals surface area (Å²) in [4.78, 5) is 15.1. The molecule has 0 aliphatic carbocycles. The molecule has 0 unspecified atom stereocenters. The summed E-state index contributed by atoms with van der Waals surface area (Å²) in [6, 6.07) is 0. The van der Waals surface area contributed by atoms with E-state index in [2.05, 4.69) is 18.9 Å². The number of nitrogens with zero attached hydrogens (tertiary/aromatic N) is 2. The lowest BCUT2D eigenvalue weighted by molar-refractivity contribution is -0.138. The van der Waals surface area contributed by atoms with Gasteiger partial charge in [0.05, 0.1) is 6.54 Å². The molecule has 17 heavy (non-hydrogen) atoms. The second kappa shape index (κ2) is 7.67. The van der Waals surface area contributed by atoms with Crippen LogP contribution >= 0.6 is 0 Å². The van der Waals surface area contributed by atoms with Gasteiger partial charge in [-0.05, 0) is 51.9 Å². The lowest BCUT2D eigenvalue weighted by Crippen LogP contribution is -2.40. The molecule has 1 aliphatic rings. The van der Waals surface area contributed by atoms with Gasteiger partial charge in [-0.1, -0.05) is 13.3 Å². The fraction of sp³-hybridized carbons (Fsp3) is 0.923. The first-order chi connectivity index (χ1) is 8.11. The third-order valence-electron chi connectivity index (χ3n) is 3.53. The predicted octanol–water partition coefficient (Wildman–Crippen LogP) is 1.51. The van der Waals surface area contributed by atoms with Crippen molar-refractivity contribution in [1.82, 2.24) is 9.80 Å². The van der Waals surface area contributed by atoms with Crippen molar-refractivity contribution in [3.63, 3.8) is 0 Å². The second-order valence-corrected chi connectivity index (χ2v) is 5.23. The van der Waals surface area contributed by atoms with Gasteiger partial charge in [-0.3, -0.25) is 9.69 Å². The summed E-state index contributed by atoms with van der Waals surface area (Å²) < 4.78 is 0. The normalized spacial score (nSPS) is 18.8. The van der Waals surface area contributed by atoms with E-state index in [0.29, 0.717) is 0 Å². The molecule has 0 aromatic rings. The zero-order valence-electron chi connectivity index (χ0n) is 11.2. The van der Waals surface area contributed by atoms with Crippen LogP contribution in [0.15, 0.2) is 0 Å². The van der Waals surface area contributed by atoms with Crippen molar-refractivity contribution in [1.29, 1.82) is 0 Å². The van der Waals surface area contributed by atoms with E-state index in [1.165, 1.54) is 25.9 Å². The van der Waals surface area contributed by atoms with Gasteiger partial charge in [-0.25, -0.2) is 0 Å². The number of unbranched alkanes of at least 4 members (excludes halogenated alkanes) is 1. The SMILES string of the molecule is CCCCN(C)CC1CCN(CC(=O)O)CC1. The maximum Gasteiger partial charge on any atom is 0.317 e. The third kappa shape index (κ3) is 6.03. The van der Waals surface area contributed by atoms with Gasteiger partial charge in [-0.2, -0.15) is 0 Å². The average Bonchev–Trinajstić information content (AvgIpc) is 2.28. The Bertz CT molecular complexity index is 225. The Hall–Kier alpha value is -0.610. The summed E-state index contributed by atoms with van der Waals surface area (Å²) in [6.45, 7) is 6.67. The molecule has 0 radical (unpaired) electrons. The monoisotopic (exact) mass is 242 g/mol. The molecule has 1 heterocycles. The molecule has 4 nitrogen and oxygen atoms in total. The number of hydrogen-bond donors (Lipinski definition) is 1. The highest BCUT2D eigenvalue weighted by molar-refractivity contribution is 5.69. The number of carboxylic acids is 1. The number of aliphatic carboxylic acids is 1. The fourth-order valence-electron chi connectivity index (χ4n) is 2.48. The average molecular weight is 242 g/mol. The molecule has 0 bridgehead atoms. The number of carbonyl (C=O) groups is 1. The van der Waals surface area contributed by atoms with Crippen LogP contribution in [0, 0.1) is 5.92 Å². The molecule has 4 heteroatoms. The van der Waals surface area contributed by atoms with E-state index in [-0.39, 0.29) is 6.54 Å². The van der Waals surface area contributed by atoms with Crippen LogP contribution in [0.1, 0.15) is 32.6 Å². The standard InChI is InChI=1S/C13H26N2O2/c1-3-4-7-14(2)10-12-5-8-15(9-6-12)11-13(16)17/h12H,3-11H2,1-2H3,(H,16,17). The van der Waals surface area contributed by atoms with E-state index >= 15 is 0 Å². The third-order valence-corrected chi connectivity index (χ3v) is 3.53. The Balaban J connectivity index is 2.16. The van der Waals surface area contributed by atoms with Crippen LogP contribution in [-0.4, -0.2) is 60.6 Å². The molecule has 1 N–H and O–H groups in total. The zero-order valence-corrected chi connectivity index (χ0v) is 11.2. The summed E-state index contributed by atoms with van der Waals surface area (Å²) in [5.41, 5.74) is 0. The Kier molecular flexibility index (Phi) is 6.52. The van der Waals surface area contributed by atoms with Crippen LogP contribution in [0.5, 0.6) is 0 Å². The first-order valence-electron chi connectivity index (χ1n) is 6.74. The highest BCUT2D eigenvalue weighted by Gasteiger charge is 2.21. The van der Waals surface area contributed by atoms with Crippen molar-refractivity contribution in [3.8, 4) is 0 Å². The molecule has 0 aromatic carbocycles. The summed E-state index contributed by atoms with van der Waals surface area (Å²) in [7, 11) is 2.19. The Morgan fingerprint density at radius 1 is 1.41 bits per heavy atom. The van der Waals surface area contributed by atoms with Gasteiger partial charge in [0.25, 0.3) is 0 Å². The summed E-state index contributed by atoms with van der Waals surface area (Å²) >= 11 is 0. The number of likely N-dealkylation sites (tertiary alicyclic amines) is 1. The van der Waals surface area contributed by atoms with Crippen LogP contribution in [-0.2, 0) is 4.79 Å². The van der Waals surface area contributed by atoms with Crippen molar-refractivity contribution in [3.05, 3.63) is 0 Å². The van der Waals surface area contributed by atoms with Gasteiger partial charge in [-0.15, -0.1) is 0 Å². The molecule has 0 amide bonds. The molecule has 0 atom stereocenters. The number of hydrogen-bond acceptors (Lipinski definition) is 3. The molecule has 100 valence electrons. The molecule has 0 aromatic heterocycles. The first-order valence-corrected chi connectivity index (χ1v) is 6.74. The van der Waals surface area contributed by atoms with Gasteiger partial charge in [0.2, 0.25) is 0 Å². The van der Waals surface area contributed by atoms with E-state index in [0.717, 1.165) is 31.8 Å². The van der Waals surface area contributed by atoms with Crippen LogP contribution in [0.3, 0.4) is 0 Å². The minimum Gasteiger partial charge on any atom is -0.480 e. The van der Waals surface area contributed by atoms with Gasteiger partial charge in [0, 0.05) is 6.54 Å². The van der Waals surface area contributed by atoms with E-state index < -0.39 is 5.97 Å². The second-order valence-electron chi connectivity index (χ2n) is 5.23. The molecule has 1 aliphatic heterocycles. The fourth-order valence-corrected chi connectivity index (χ4v) is 2.48. The lowest BCUT2D eigenvalue weighted by Gasteiger charge is -2.33. The lowest BCUT2D eigenvalue weighted by atomic mass is 9.96. The van der Waals surface area contributed by atoms with Gasteiger partial charge in [0.1, 0.15) is 0 Å². The number of carboxylic acid groups (broad SMARTS) is 1. The quantitative estimate of drug-likeness (QED) is 0.735. The highest BCUT2D eigenvalue weighted by Crippen LogP contribution is 2.17. The minimum absolute atomic E-state index is 0.207. The summed E-state index contributed by atoms with van der Waals surface area (Å²) in [5.74, 6) is 0.0467. The van der Waals surface area contributed by atoms with Crippen LogP contribution in [0.2, 0.25) is 0 Å². The maximum absolute atomic E-state index is 10.6. The van der Waals surface area contributed by atoms with E-state index in [1.807, 2.05) is 4.90 Å². The van der Waals surface area contributed by atoms with Crippen molar-refractivity contribution in [2.45, 2.75) is 32.6 Å².